The number of hydrogen-bond acceptors (Lipinski definition) is 6. The van der Waals surface area contributed by atoms with Crippen LogP contribution in [-0.2, 0) is 5.41 Å². The van der Waals surface area contributed by atoms with E-state index in [4.69, 9.17) is 9.84 Å². The number of nitrogens with one attached hydrogen (secondary N) is 1. The van der Waals surface area contributed by atoms with E-state index < -0.39 is 0 Å². The minimum Gasteiger partial charge on any atom is -0.465 e. The fourth-order valence-electron chi connectivity index (χ4n) is 5.25. The van der Waals surface area contributed by atoms with Gasteiger partial charge in [0.1, 0.15) is 6.33 Å². The maximum Gasteiger partial charge on any atom is 0.236 e. The standard InChI is InChI=1S/C22H23N7O/c1-14(19-23-13-24-26-19)30-21-17(22-9-7-15(12-22)8-10-22)11-18-25-27-20(29(18)28-21)16-5-3-2-4-6-16/h2-6,11,13-15H,7-10,12H2,1H3,(H,23,24,26). The van der Waals surface area contributed by atoms with Crippen LogP contribution in [0, 0.1) is 5.92 Å². The second kappa shape index (κ2) is 6.62. The van der Waals surface area contributed by atoms with Crippen molar-refractivity contribution >= 4 is 5.65 Å². The fraction of sp³-hybridized carbons (Fsp3) is 0.409. The first kappa shape index (κ1) is 17.6. The zero-order chi connectivity index (χ0) is 20.1. The lowest BCUT2D eigenvalue weighted by Crippen LogP contribution is -2.23. The number of aromatic nitrogens is 7. The van der Waals surface area contributed by atoms with Gasteiger partial charge in [0.25, 0.3) is 0 Å². The molecule has 152 valence electrons. The van der Waals surface area contributed by atoms with E-state index in [0.29, 0.717) is 17.5 Å². The molecule has 0 radical (unpaired) electrons. The summed E-state index contributed by atoms with van der Waals surface area (Å²) in [5.74, 6) is 2.86. The average Bonchev–Trinajstić information content (AvgIpc) is 3.58. The van der Waals surface area contributed by atoms with Crippen LogP contribution in [0.4, 0.5) is 0 Å². The molecule has 2 aliphatic carbocycles. The summed E-state index contributed by atoms with van der Waals surface area (Å²) in [6.07, 6.45) is 7.34. The van der Waals surface area contributed by atoms with Gasteiger partial charge in [-0.2, -0.15) is 9.61 Å². The Kier molecular flexibility index (Phi) is 3.87. The lowest BCUT2D eigenvalue weighted by molar-refractivity contribution is 0.197. The highest BCUT2D eigenvalue weighted by Gasteiger charge is 2.48. The van der Waals surface area contributed by atoms with E-state index in [1.165, 1.54) is 38.4 Å². The summed E-state index contributed by atoms with van der Waals surface area (Å²) >= 11 is 0. The van der Waals surface area contributed by atoms with Crippen molar-refractivity contribution in [3.8, 4) is 17.3 Å². The molecule has 6 rings (SSSR count). The molecule has 0 spiro atoms. The quantitative estimate of drug-likeness (QED) is 0.545. The van der Waals surface area contributed by atoms with Crippen LogP contribution in [0.25, 0.3) is 17.0 Å². The summed E-state index contributed by atoms with van der Waals surface area (Å²) in [6.45, 7) is 1.96. The van der Waals surface area contributed by atoms with Gasteiger partial charge in [0, 0.05) is 16.5 Å². The molecule has 8 nitrogen and oxygen atoms in total. The molecule has 3 aromatic heterocycles. The highest BCUT2D eigenvalue weighted by molar-refractivity contribution is 5.60. The second-order valence-corrected chi connectivity index (χ2v) is 8.58. The minimum atomic E-state index is -0.289. The van der Waals surface area contributed by atoms with Crippen molar-refractivity contribution in [1.29, 1.82) is 0 Å². The van der Waals surface area contributed by atoms with Crippen LogP contribution in [0.1, 0.15) is 56.5 Å². The van der Waals surface area contributed by atoms with Crippen LogP contribution in [0.15, 0.2) is 42.7 Å². The summed E-state index contributed by atoms with van der Waals surface area (Å²) in [7, 11) is 0. The molecule has 3 heterocycles. The number of aromatic amines is 1. The van der Waals surface area contributed by atoms with Crippen molar-refractivity contribution in [3.63, 3.8) is 0 Å². The van der Waals surface area contributed by atoms with Gasteiger partial charge in [0.15, 0.2) is 23.4 Å². The van der Waals surface area contributed by atoms with Crippen LogP contribution < -0.4 is 4.74 Å². The fourth-order valence-corrected chi connectivity index (χ4v) is 5.25. The van der Waals surface area contributed by atoms with E-state index in [1.807, 2.05) is 37.3 Å². The third kappa shape index (κ3) is 2.70. The van der Waals surface area contributed by atoms with Gasteiger partial charge >= 0.3 is 0 Å². The molecule has 1 unspecified atom stereocenters. The molecule has 2 bridgehead atoms. The first-order valence-corrected chi connectivity index (χ1v) is 10.6. The number of hydrogen-bond donors (Lipinski definition) is 1. The Morgan fingerprint density at radius 1 is 1.17 bits per heavy atom. The highest BCUT2D eigenvalue weighted by Crippen LogP contribution is 2.57. The summed E-state index contributed by atoms with van der Waals surface area (Å²) < 4.78 is 8.19. The molecular weight excluding hydrogens is 378 g/mol. The van der Waals surface area contributed by atoms with Gasteiger partial charge in [-0.05, 0) is 51.0 Å². The highest BCUT2D eigenvalue weighted by atomic mass is 16.5. The molecule has 2 saturated carbocycles. The smallest absolute Gasteiger partial charge is 0.236 e. The maximum absolute atomic E-state index is 6.39. The van der Waals surface area contributed by atoms with Crippen molar-refractivity contribution < 1.29 is 4.74 Å². The van der Waals surface area contributed by atoms with Crippen LogP contribution in [0.5, 0.6) is 5.88 Å². The summed E-state index contributed by atoms with van der Waals surface area (Å²) in [5, 5.41) is 20.7. The Labute approximate surface area is 173 Å². The summed E-state index contributed by atoms with van der Waals surface area (Å²) in [4.78, 5) is 4.25. The predicted octanol–water partition coefficient (Wildman–Crippen LogP) is 3.88. The second-order valence-electron chi connectivity index (χ2n) is 8.58. The molecule has 2 fully saturated rings. The predicted molar refractivity (Wildman–Crippen MR) is 110 cm³/mol. The maximum atomic E-state index is 6.39. The topological polar surface area (TPSA) is 93.9 Å². The number of nitrogens with zero attached hydrogens (tertiary/aromatic N) is 6. The van der Waals surface area contributed by atoms with Gasteiger partial charge in [-0.3, -0.25) is 5.10 Å². The first-order chi connectivity index (χ1) is 14.7. The Balaban J connectivity index is 1.50. The molecule has 2 aliphatic rings. The van der Waals surface area contributed by atoms with Crippen LogP contribution in [0.3, 0.4) is 0 Å². The Morgan fingerprint density at radius 3 is 2.70 bits per heavy atom. The van der Waals surface area contributed by atoms with Crippen molar-refractivity contribution in [2.45, 2.75) is 50.5 Å². The molecular formula is C22H23N7O. The van der Waals surface area contributed by atoms with Gasteiger partial charge in [-0.15, -0.1) is 15.3 Å². The molecule has 0 saturated heterocycles. The molecule has 4 aromatic rings. The van der Waals surface area contributed by atoms with Gasteiger partial charge in [0.2, 0.25) is 5.88 Å². The number of ether oxygens (including phenoxy) is 1. The Morgan fingerprint density at radius 2 is 2.00 bits per heavy atom. The zero-order valence-corrected chi connectivity index (χ0v) is 16.8. The van der Waals surface area contributed by atoms with Gasteiger partial charge in [0.05, 0.1) is 0 Å². The number of fused-ring (bicyclic) bond motifs is 3. The molecule has 1 atom stereocenters. The Hall–Kier alpha value is -3.29. The van der Waals surface area contributed by atoms with E-state index in [2.05, 4.69) is 31.4 Å². The van der Waals surface area contributed by atoms with E-state index >= 15 is 0 Å². The van der Waals surface area contributed by atoms with Crippen molar-refractivity contribution in [2.24, 2.45) is 5.92 Å². The van der Waals surface area contributed by atoms with Crippen LogP contribution >= 0.6 is 0 Å². The van der Waals surface area contributed by atoms with Crippen LogP contribution in [0.2, 0.25) is 0 Å². The van der Waals surface area contributed by atoms with E-state index in [-0.39, 0.29) is 11.5 Å². The van der Waals surface area contributed by atoms with Gasteiger partial charge in [-0.25, -0.2) is 4.98 Å². The van der Waals surface area contributed by atoms with E-state index in [1.54, 1.807) is 4.52 Å². The monoisotopic (exact) mass is 401 g/mol. The van der Waals surface area contributed by atoms with Gasteiger partial charge in [-0.1, -0.05) is 30.3 Å². The van der Waals surface area contributed by atoms with Crippen molar-refractivity contribution in [3.05, 3.63) is 54.1 Å². The molecule has 8 heteroatoms. The molecule has 0 aliphatic heterocycles. The molecule has 1 N–H and O–H groups in total. The van der Waals surface area contributed by atoms with Crippen molar-refractivity contribution in [1.82, 2.24) is 35.0 Å². The largest absolute Gasteiger partial charge is 0.465 e. The van der Waals surface area contributed by atoms with Crippen LogP contribution in [-0.4, -0.2) is 35.0 Å². The van der Waals surface area contributed by atoms with Crippen molar-refractivity contribution in [2.75, 3.05) is 0 Å². The summed E-state index contributed by atoms with van der Waals surface area (Å²) in [6, 6.07) is 12.1. The normalized spacial score (nSPS) is 23.8. The third-order valence-electron chi connectivity index (χ3n) is 6.81. The Bertz CT molecular complexity index is 1180. The van der Waals surface area contributed by atoms with E-state index in [9.17, 15) is 0 Å². The zero-order valence-electron chi connectivity index (χ0n) is 16.8. The third-order valence-corrected chi connectivity index (χ3v) is 6.81. The molecule has 30 heavy (non-hydrogen) atoms. The number of rotatable bonds is 5. The summed E-state index contributed by atoms with van der Waals surface area (Å²) in [5.41, 5.74) is 3.02. The van der Waals surface area contributed by atoms with Gasteiger partial charge < -0.3 is 4.74 Å². The minimum absolute atomic E-state index is 0.134. The lowest BCUT2D eigenvalue weighted by Gasteiger charge is -2.29. The molecule has 0 amide bonds. The first-order valence-electron chi connectivity index (χ1n) is 10.6. The number of H-pyrrole nitrogens is 1. The number of benzene rings is 1. The molecule has 1 aromatic carbocycles. The lowest BCUT2D eigenvalue weighted by atomic mass is 9.78. The SMILES string of the molecule is CC(Oc1nn2c(-c3ccccc3)nnc2cc1C12CCC(CC1)C2)c1ncn[nH]1. The average molecular weight is 401 g/mol. The van der Waals surface area contributed by atoms with E-state index in [0.717, 1.165) is 22.7 Å².